The van der Waals surface area contributed by atoms with Gasteiger partial charge in [0.05, 0.1) is 0 Å². The highest BCUT2D eigenvalue weighted by atomic mass is 16.0. The van der Waals surface area contributed by atoms with Crippen molar-refractivity contribution in [2.45, 2.75) is 131 Å². The zero-order chi connectivity index (χ0) is 17.3. The summed E-state index contributed by atoms with van der Waals surface area (Å²) in [6.07, 6.45) is 22.8. The van der Waals surface area contributed by atoms with Crippen molar-refractivity contribution in [3.05, 3.63) is 0 Å². The van der Waals surface area contributed by atoms with Crippen LogP contribution in [-0.4, -0.2) is 11.0 Å². The monoisotopic (exact) mass is 362 g/mol. The molecule has 0 atom stereocenters. The normalized spacial score (nSPS) is 21.5. The van der Waals surface area contributed by atoms with Gasteiger partial charge in [-0.1, -0.05) is 131 Å². The van der Waals surface area contributed by atoms with Crippen molar-refractivity contribution < 1.29 is 12.4 Å². The molecule has 0 aliphatic heterocycles. The van der Waals surface area contributed by atoms with Gasteiger partial charge in [0.15, 0.2) is 0 Å². The first kappa shape index (κ1) is 29.7. The third kappa shape index (κ3) is 14.7. The van der Waals surface area contributed by atoms with Gasteiger partial charge in [-0.05, 0) is 17.8 Å². The van der Waals surface area contributed by atoms with Crippen LogP contribution < -0.4 is 0 Å². The van der Waals surface area contributed by atoms with Gasteiger partial charge in [-0.15, -0.1) is 0 Å². The van der Waals surface area contributed by atoms with Crippen LogP contribution in [0.4, 0.5) is 0 Å². The van der Waals surface area contributed by atoms with Gasteiger partial charge >= 0.3 is 0 Å². The fourth-order valence-corrected chi connectivity index (χ4v) is 4.52. The molecule has 3 aliphatic rings. The maximum absolute atomic E-state index is 2.36. The van der Waals surface area contributed by atoms with Crippen molar-refractivity contribution in [2.75, 3.05) is 0 Å². The zero-order valence-corrected chi connectivity index (χ0v) is 18.3. The molecule has 2 nitrogen and oxygen atoms in total. The Morgan fingerprint density at radius 1 is 0.440 bits per heavy atom. The highest BCUT2D eigenvalue weighted by Gasteiger charge is 2.24. The molecule has 0 aromatic carbocycles. The van der Waals surface area contributed by atoms with Crippen LogP contribution in [0.1, 0.15) is 132 Å². The highest BCUT2D eigenvalue weighted by Crippen LogP contribution is 2.37. The van der Waals surface area contributed by atoms with Crippen molar-refractivity contribution in [1.29, 1.82) is 0 Å². The third-order valence-corrected chi connectivity index (χ3v) is 5.86. The Labute approximate surface area is 161 Å². The van der Waals surface area contributed by atoms with Crippen molar-refractivity contribution >= 4 is 0 Å². The smallest absolute Gasteiger partial charge is 0 e. The third-order valence-electron chi connectivity index (χ3n) is 5.86. The second-order valence-electron chi connectivity index (χ2n) is 7.54. The Morgan fingerprint density at radius 2 is 0.680 bits per heavy atom. The Bertz CT molecular complexity index is 202. The molecule has 4 N–H and O–H groups in total. The molecule has 25 heavy (non-hydrogen) atoms. The van der Waals surface area contributed by atoms with E-state index in [0.29, 0.717) is 0 Å². The van der Waals surface area contributed by atoms with Gasteiger partial charge in [-0.2, -0.15) is 0 Å². The van der Waals surface area contributed by atoms with Crippen LogP contribution in [0.25, 0.3) is 0 Å². The van der Waals surface area contributed by atoms with E-state index in [1.54, 1.807) is 25.7 Å². The topological polar surface area (TPSA) is 63.0 Å². The van der Waals surface area contributed by atoms with Gasteiger partial charge in [-0.3, -0.25) is 0 Å². The van der Waals surface area contributed by atoms with Crippen molar-refractivity contribution in [3.8, 4) is 0 Å². The van der Waals surface area contributed by atoms with E-state index in [9.17, 15) is 0 Å². The summed E-state index contributed by atoms with van der Waals surface area (Å²) in [5.41, 5.74) is 0. The summed E-state index contributed by atoms with van der Waals surface area (Å²) < 4.78 is 0. The first-order valence-corrected chi connectivity index (χ1v) is 11.4. The molecule has 0 unspecified atom stereocenters. The van der Waals surface area contributed by atoms with Crippen molar-refractivity contribution in [2.24, 2.45) is 17.8 Å². The molecule has 0 radical (unpaired) electrons. The summed E-state index contributed by atoms with van der Waals surface area (Å²) in [5, 5.41) is 0. The van der Waals surface area contributed by atoms with Gasteiger partial charge < -0.3 is 11.0 Å². The van der Waals surface area contributed by atoms with Crippen molar-refractivity contribution in [1.82, 2.24) is 0 Å². The second kappa shape index (κ2) is 22.0. The lowest BCUT2D eigenvalue weighted by Gasteiger charge is -2.32. The molecule has 0 spiro atoms. The minimum Gasteiger partial charge on any atom is -0.412 e. The molecule has 0 aromatic heterocycles. The van der Waals surface area contributed by atoms with Gasteiger partial charge in [0.1, 0.15) is 0 Å². The highest BCUT2D eigenvalue weighted by molar-refractivity contribution is 4.76. The summed E-state index contributed by atoms with van der Waals surface area (Å²) in [6.45, 7) is 10.4. The number of hydrogen-bond acceptors (Lipinski definition) is 0. The van der Waals surface area contributed by atoms with E-state index in [0.717, 1.165) is 17.8 Å². The molecule has 3 aliphatic carbocycles. The largest absolute Gasteiger partial charge is 0.412 e. The SMILES string of the molecule is C1CCC(C2CCCCC2)CC1.CC.CC.CC1CCCCC1.O.O.[HH]. The Morgan fingerprint density at radius 3 is 0.880 bits per heavy atom. The van der Waals surface area contributed by atoms with Crippen LogP contribution in [0.3, 0.4) is 0 Å². The predicted molar refractivity (Wildman–Crippen MR) is 117 cm³/mol. The zero-order valence-electron chi connectivity index (χ0n) is 18.3. The molecular formula is C23H54O2. The average Bonchev–Trinajstić information content (AvgIpc) is 2.68. The van der Waals surface area contributed by atoms with E-state index in [2.05, 4.69) is 6.92 Å². The lowest BCUT2D eigenvalue weighted by atomic mass is 9.73. The van der Waals surface area contributed by atoms with Crippen LogP contribution in [-0.2, 0) is 0 Å². The summed E-state index contributed by atoms with van der Waals surface area (Å²) in [6, 6.07) is 0. The lowest BCUT2D eigenvalue weighted by molar-refractivity contribution is 0.196. The van der Waals surface area contributed by atoms with Crippen LogP contribution >= 0.6 is 0 Å². The maximum Gasteiger partial charge on any atom is 0 e. The molecule has 2 heteroatoms. The van der Waals surface area contributed by atoms with E-state index in [1.165, 1.54) is 70.6 Å². The summed E-state index contributed by atoms with van der Waals surface area (Å²) in [7, 11) is 0. The Kier molecular flexibility index (Phi) is 26.1. The molecule has 0 saturated heterocycles. The Balaban J connectivity index is -0.000000152. The molecule has 3 saturated carbocycles. The molecule has 0 heterocycles. The number of rotatable bonds is 1. The van der Waals surface area contributed by atoms with E-state index >= 15 is 0 Å². The van der Waals surface area contributed by atoms with Gasteiger partial charge in [-0.25, -0.2) is 0 Å². The lowest BCUT2D eigenvalue weighted by Crippen LogP contribution is -2.20. The standard InChI is InChI=1S/C12H22.C7H14.2C2H6.2H2O.H2/c1-3-7-11(8-4-1)12-9-5-2-6-10-12;1-7-5-3-2-4-6-7;2*1-2;;;/h11-12H,1-10H2;7H,2-6H2,1H3;2*1-2H3;2*1H2;1H. The minimum absolute atomic E-state index is 0. The first-order valence-electron chi connectivity index (χ1n) is 11.4. The van der Waals surface area contributed by atoms with Gasteiger partial charge in [0.2, 0.25) is 0 Å². The Hall–Kier alpha value is -0.0800. The summed E-state index contributed by atoms with van der Waals surface area (Å²) in [4.78, 5) is 0. The minimum atomic E-state index is 0. The quantitative estimate of drug-likeness (QED) is 0.467. The predicted octanol–water partition coefficient (Wildman–Crippen LogP) is 7.38. The van der Waals surface area contributed by atoms with Gasteiger partial charge in [0.25, 0.3) is 0 Å². The molecule has 158 valence electrons. The van der Waals surface area contributed by atoms with E-state index < -0.39 is 0 Å². The van der Waals surface area contributed by atoms with E-state index in [-0.39, 0.29) is 12.4 Å². The molecular weight excluding hydrogens is 308 g/mol. The average molecular weight is 363 g/mol. The fourth-order valence-electron chi connectivity index (χ4n) is 4.52. The summed E-state index contributed by atoms with van der Waals surface area (Å²) in [5.74, 6) is 3.31. The van der Waals surface area contributed by atoms with Crippen LogP contribution in [0.15, 0.2) is 0 Å². The van der Waals surface area contributed by atoms with Crippen LogP contribution in [0.5, 0.6) is 0 Å². The van der Waals surface area contributed by atoms with E-state index in [4.69, 9.17) is 0 Å². The molecule has 3 rings (SSSR count). The van der Waals surface area contributed by atoms with Gasteiger partial charge in [0, 0.05) is 1.43 Å². The molecule has 0 bridgehead atoms. The van der Waals surface area contributed by atoms with E-state index in [1.807, 2.05) is 27.7 Å². The molecule has 0 aromatic rings. The second-order valence-corrected chi connectivity index (χ2v) is 7.54. The van der Waals surface area contributed by atoms with Crippen molar-refractivity contribution in [3.63, 3.8) is 0 Å². The maximum atomic E-state index is 2.36. The fraction of sp³-hybridized carbons (Fsp3) is 1.00. The molecule has 3 fully saturated rings. The van der Waals surface area contributed by atoms with Crippen LogP contribution in [0, 0.1) is 17.8 Å². The molecule has 0 amide bonds. The summed E-state index contributed by atoms with van der Waals surface area (Å²) >= 11 is 0. The van der Waals surface area contributed by atoms with Crippen LogP contribution in [0.2, 0.25) is 0 Å². The first-order chi connectivity index (χ1) is 11.4. The number of hydrogen-bond donors (Lipinski definition) is 0.